The summed E-state index contributed by atoms with van der Waals surface area (Å²) in [6.45, 7) is 0.804. The van der Waals surface area contributed by atoms with Gasteiger partial charge in [-0.1, -0.05) is 0 Å². The van der Waals surface area contributed by atoms with E-state index in [1.165, 1.54) is 25.5 Å². The minimum Gasteiger partial charge on any atom is -0.493 e. The van der Waals surface area contributed by atoms with Crippen molar-refractivity contribution in [3.05, 3.63) is 41.2 Å². The van der Waals surface area contributed by atoms with Gasteiger partial charge < -0.3 is 9.47 Å². The van der Waals surface area contributed by atoms with E-state index in [2.05, 4.69) is 25.2 Å². The number of rotatable bonds is 6. The number of halogens is 2. The fourth-order valence-electron chi connectivity index (χ4n) is 1.90. The molecular weight excluding hydrogens is 306 g/mol. The van der Waals surface area contributed by atoms with E-state index in [1.54, 1.807) is 6.07 Å². The van der Waals surface area contributed by atoms with E-state index < -0.39 is 6.61 Å². The Morgan fingerprint density at radius 3 is 2.43 bits per heavy atom. The highest BCUT2D eigenvalue weighted by Gasteiger charge is 2.10. The topological polar surface area (TPSA) is 68.6 Å². The first kappa shape index (κ1) is 16.6. The highest BCUT2D eigenvalue weighted by atomic mass is 19.3. The lowest BCUT2D eigenvalue weighted by Gasteiger charge is -2.10. The van der Waals surface area contributed by atoms with E-state index in [9.17, 15) is 8.78 Å². The maximum Gasteiger partial charge on any atom is 0.387 e. The van der Waals surface area contributed by atoms with Crippen molar-refractivity contribution < 1.29 is 18.3 Å². The number of aryl methyl sites for hydroxylation is 2. The van der Waals surface area contributed by atoms with Crippen LogP contribution in [0.15, 0.2) is 29.4 Å². The van der Waals surface area contributed by atoms with Gasteiger partial charge in [0.15, 0.2) is 11.5 Å². The van der Waals surface area contributed by atoms with Gasteiger partial charge in [0.2, 0.25) is 5.95 Å². The Hall–Kier alpha value is -2.77. The number of alkyl halides is 2. The molecule has 6 nitrogen and oxygen atoms in total. The molecule has 0 saturated carbocycles. The van der Waals surface area contributed by atoms with Crippen LogP contribution in [0.2, 0.25) is 0 Å². The van der Waals surface area contributed by atoms with Gasteiger partial charge in [0.25, 0.3) is 0 Å². The van der Waals surface area contributed by atoms with E-state index in [0.717, 1.165) is 11.4 Å². The molecular formula is C15H16F2N4O2. The quantitative estimate of drug-likeness (QED) is 0.653. The van der Waals surface area contributed by atoms with E-state index in [0.29, 0.717) is 11.5 Å². The van der Waals surface area contributed by atoms with Crippen LogP contribution in [0.1, 0.15) is 17.0 Å². The van der Waals surface area contributed by atoms with Crippen molar-refractivity contribution in [3.8, 4) is 11.5 Å². The van der Waals surface area contributed by atoms with Gasteiger partial charge in [-0.25, -0.2) is 15.4 Å². The normalized spacial score (nSPS) is 11.0. The van der Waals surface area contributed by atoms with Crippen LogP contribution >= 0.6 is 0 Å². The fourth-order valence-corrected chi connectivity index (χ4v) is 1.90. The second-order valence-corrected chi connectivity index (χ2v) is 4.63. The molecule has 0 aliphatic rings. The lowest BCUT2D eigenvalue weighted by molar-refractivity contribution is -0.0512. The van der Waals surface area contributed by atoms with Crippen molar-refractivity contribution in [3.63, 3.8) is 0 Å². The summed E-state index contributed by atoms with van der Waals surface area (Å²) in [5, 5.41) is 4.02. The van der Waals surface area contributed by atoms with Crippen molar-refractivity contribution in [1.82, 2.24) is 9.97 Å². The summed E-state index contributed by atoms with van der Waals surface area (Å²) in [6, 6.07) is 6.35. The average Bonchev–Trinajstić information content (AvgIpc) is 2.47. The monoisotopic (exact) mass is 322 g/mol. The molecule has 0 amide bonds. The first-order chi connectivity index (χ1) is 11.0. The zero-order chi connectivity index (χ0) is 16.8. The van der Waals surface area contributed by atoms with Gasteiger partial charge in [0.1, 0.15) is 0 Å². The maximum atomic E-state index is 12.3. The molecule has 0 spiro atoms. The number of nitrogens with zero attached hydrogens (tertiary/aromatic N) is 3. The smallest absolute Gasteiger partial charge is 0.387 e. The zero-order valence-corrected chi connectivity index (χ0v) is 12.9. The van der Waals surface area contributed by atoms with E-state index >= 15 is 0 Å². The second kappa shape index (κ2) is 7.48. The Kier molecular flexibility index (Phi) is 5.40. The average molecular weight is 322 g/mol. The zero-order valence-electron chi connectivity index (χ0n) is 12.9. The van der Waals surface area contributed by atoms with Crippen molar-refractivity contribution in [2.45, 2.75) is 20.5 Å². The lowest BCUT2D eigenvalue weighted by atomic mass is 10.2. The van der Waals surface area contributed by atoms with Crippen LogP contribution in [0.5, 0.6) is 11.5 Å². The third kappa shape index (κ3) is 4.87. The molecule has 122 valence electrons. The fraction of sp³-hybridized carbons (Fsp3) is 0.267. The molecule has 1 heterocycles. The van der Waals surface area contributed by atoms with E-state index in [1.807, 2.05) is 19.9 Å². The molecule has 1 N–H and O–H groups in total. The van der Waals surface area contributed by atoms with Gasteiger partial charge in [-0.15, -0.1) is 0 Å². The number of anilines is 1. The van der Waals surface area contributed by atoms with Gasteiger partial charge in [-0.2, -0.15) is 13.9 Å². The maximum absolute atomic E-state index is 12.3. The third-order valence-electron chi connectivity index (χ3n) is 2.76. The van der Waals surface area contributed by atoms with Crippen LogP contribution in [0.4, 0.5) is 14.7 Å². The Labute approximate surface area is 132 Å². The minimum atomic E-state index is -2.91. The number of hydrogen-bond acceptors (Lipinski definition) is 6. The molecule has 0 atom stereocenters. The summed E-state index contributed by atoms with van der Waals surface area (Å²) in [4.78, 5) is 8.36. The summed E-state index contributed by atoms with van der Waals surface area (Å²) < 4.78 is 33.9. The number of hydrogen-bond donors (Lipinski definition) is 1. The minimum absolute atomic E-state index is 0.0368. The van der Waals surface area contributed by atoms with Crippen molar-refractivity contribution >= 4 is 12.2 Å². The summed E-state index contributed by atoms with van der Waals surface area (Å²) in [6.07, 6.45) is 1.50. The number of hydrazone groups is 1. The van der Waals surface area contributed by atoms with Gasteiger partial charge in [-0.05, 0) is 43.7 Å². The second-order valence-electron chi connectivity index (χ2n) is 4.63. The van der Waals surface area contributed by atoms with E-state index in [4.69, 9.17) is 4.74 Å². The lowest BCUT2D eigenvalue weighted by Crippen LogP contribution is -2.04. The molecule has 2 rings (SSSR count). The van der Waals surface area contributed by atoms with Gasteiger partial charge >= 0.3 is 6.61 Å². The van der Waals surface area contributed by atoms with Gasteiger partial charge in [0.05, 0.1) is 13.3 Å². The highest BCUT2D eigenvalue weighted by Crippen LogP contribution is 2.28. The molecule has 2 aromatic rings. The summed E-state index contributed by atoms with van der Waals surface area (Å²) >= 11 is 0. The van der Waals surface area contributed by atoms with Gasteiger partial charge in [0, 0.05) is 11.4 Å². The first-order valence-electron chi connectivity index (χ1n) is 6.72. The molecule has 1 aromatic heterocycles. The number of aromatic nitrogens is 2. The van der Waals surface area contributed by atoms with Crippen LogP contribution < -0.4 is 14.9 Å². The number of methoxy groups -OCH3 is 1. The Morgan fingerprint density at radius 1 is 1.13 bits per heavy atom. The Bertz CT molecular complexity index is 688. The molecule has 0 fully saturated rings. The molecule has 8 heteroatoms. The number of nitrogens with one attached hydrogen (secondary N) is 1. The predicted octanol–water partition coefficient (Wildman–Crippen LogP) is 3.15. The molecule has 0 aliphatic heterocycles. The molecule has 1 aromatic carbocycles. The highest BCUT2D eigenvalue weighted by molar-refractivity contribution is 5.81. The molecule has 0 radical (unpaired) electrons. The van der Waals surface area contributed by atoms with Crippen LogP contribution in [-0.2, 0) is 0 Å². The molecule has 0 aliphatic carbocycles. The summed E-state index contributed by atoms with van der Waals surface area (Å²) in [7, 11) is 1.37. The van der Waals surface area contributed by atoms with Crippen molar-refractivity contribution in [2.75, 3.05) is 12.5 Å². The van der Waals surface area contributed by atoms with Crippen LogP contribution in [0.25, 0.3) is 0 Å². The number of benzene rings is 1. The number of ether oxygens (including phenoxy) is 2. The van der Waals surface area contributed by atoms with Crippen LogP contribution in [0, 0.1) is 13.8 Å². The molecule has 0 unspecified atom stereocenters. The van der Waals surface area contributed by atoms with Crippen molar-refractivity contribution in [1.29, 1.82) is 0 Å². The summed E-state index contributed by atoms with van der Waals surface area (Å²) in [5.74, 6) is 0.533. The predicted molar refractivity (Wildman–Crippen MR) is 82.3 cm³/mol. The first-order valence-corrected chi connectivity index (χ1v) is 6.72. The standard InChI is InChI=1S/C15H16F2N4O2/c1-9-6-10(2)20-15(19-9)21-18-8-11-4-5-12(23-14(16)17)13(7-11)22-3/h4-8,14H,1-3H3,(H,19,20,21)/b18-8+. The van der Waals surface area contributed by atoms with Gasteiger partial charge in [-0.3, -0.25) is 0 Å². The Balaban J connectivity index is 2.10. The molecule has 0 bridgehead atoms. The van der Waals surface area contributed by atoms with Crippen LogP contribution in [0.3, 0.4) is 0 Å². The third-order valence-corrected chi connectivity index (χ3v) is 2.76. The molecule has 0 saturated heterocycles. The summed E-state index contributed by atoms with van der Waals surface area (Å²) in [5.41, 5.74) is 5.00. The molecule has 23 heavy (non-hydrogen) atoms. The van der Waals surface area contributed by atoms with E-state index in [-0.39, 0.29) is 11.5 Å². The van der Waals surface area contributed by atoms with Crippen LogP contribution in [-0.4, -0.2) is 29.9 Å². The van der Waals surface area contributed by atoms with Crippen molar-refractivity contribution in [2.24, 2.45) is 5.10 Å². The largest absolute Gasteiger partial charge is 0.493 e. The SMILES string of the molecule is COc1cc(/C=N/Nc2nc(C)cc(C)n2)ccc1OC(F)F. The Morgan fingerprint density at radius 2 is 1.83 bits per heavy atom.